The molecule has 0 aliphatic carbocycles. The summed E-state index contributed by atoms with van der Waals surface area (Å²) in [5, 5.41) is 10.4. The topological polar surface area (TPSA) is 42.2 Å². The van der Waals surface area contributed by atoms with Crippen LogP contribution in [0.15, 0.2) is 73.0 Å². The quantitative estimate of drug-likeness (QED) is 0.526. The molecule has 4 heteroatoms. The van der Waals surface area contributed by atoms with Gasteiger partial charge in [0.05, 0.1) is 0 Å². The van der Waals surface area contributed by atoms with E-state index < -0.39 is 5.97 Å². The van der Waals surface area contributed by atoms with Gasteiger partial charge in [-0.1, -0.05) is 60.2 Å². The zero-order valence-electron chi connectivity index (χ0n) is 12.9. The molecule has 3 rings (SSSR count). The minimum Gasteiger partial charge on any atom is -0.478 e. The van der Waals surface area contributed by atoms with Gasteiger partial charge in [0.1, 0.15) is 0 Å². The van der Waals surface area contributed by atoms with E-state index in [0.29, 0.717) is 5.02 Å². The molecule has 120 valence electrons. The highest BCUT2D eigenvalue weighted by Gasteiger charge is 2.07. The number of aliphatic carboxylic acids is 1. The lowest BCUT2D eigenvalue weighted by Gasteiger charge is -2.05. The Bertz CT molecular complexity index is 923. The summed E-state index contributed by atoms with van der Waals surface area (Å²) in [5.74, 6) is -0.964. The van der Waals surface area contributed by atoms with Crippen LogP contribution in [-0.2, 0) is 11.3 Å². The van der Waals surface area contributed by atoms with Crippen molar-refractivity contribution < 1.29 is 9.90 Å². The number of nitrogens with zero attached hydrogens (tertiary/aromatic N) is 1. The number of hydrogen-bond donors (Lipinski definition) is 1. The van der Waals surface area contributed by atoms with Gasteiger partial charge in [0.15, 0.2) is 0 Å². The van der Waals surface area contributed by atoms with Crippen molar-refractivity contribution in [1.82, 2.24) is 4.57 Å². The molecule has 0 aliphatic heterocycles. The Kier molecular flexibility index (Phi) is 4.82. The molecule has 0 atom stereocenters. The SMILES string of the molecule is O=C(O)/C=C/C=C/c1cn(Cc2ccccc2)c2ccc(Cl)cc12. The molecule has 0 bridgehead atoms. The van der Waals surface area contributed by atoms with Gasteiger partial charge in [-0.15, -0.1) is 0 Å². The van der Waals surface area contributed by atoms with Crippen LogP contribution in [0, 0.1) is 0 Å². The Hall–Kier alpha value is -2.78. The van der Waals surface area contributed by atoms with Crippen molar-refractivity contribution in [2.45, 2.75) is 6.54 Å². The van der Waals surface area contributed by atoms with Crippen LogP contribution in [0.1, 0.15) is 11.1 Å². The second-order valence-electron chi connectivity index (χ2n) is 5.42. The molecule has 2 aromatic carbocycles. The van der Waals surface area contributed by atoms with E-state index in [0.717, 1.165) is 29.1 Å². The van der Waals surface area contributed by atoms with Gasteiger partial charge in [0.2, 0.25) is 0 Å². The summed E-state index contributed by atoms with van der Waals surface area (Å²) in [6, 6.07) is 16.0. The average Bonchev–Trinajstić information content (AvgIpc) is 2.89. The first-order valence-corrected chi connectivity index (χ1v) is 7.91. The highest BCUT2D eigenvalue weighted by Crippen LogP contribution is 2.26. The van der Waals surface area contributed by atoms with Crippen LogP contribution < -0.4 is 0 Å². The van der Waals surface area contributed by atoms with E-state index in [1.54, 1.807) is 6.08 Å². The van der Waals surface area contributed by atoms with Crippen molar-refractivity contribution >= 4 is 34.5 Å². The maximum Gasteiger partial charge on any atom is 0.328 e. The molecule has 0 aliphatic rings. The second-order valence-corrected chi connectivity index (χ2v) is 5.85. The summed E-state index contributed by atoms with van der Waals surface area (Å²) in [7, 11) is 0. The number of aromatic nitrogens is 1. The normalized spacial score (nSPS) is 11.7. The summed E-state index contributed by atoms with van der Waals surface area (Å²) in [4.78, 5) is 10.5. The van der Waals surface area contributed by atoms with Crippen LogP contribution in [0.3, 0.4) is 0 Å². The van der Waals surface area contributed by atoms with Crippen molar-refractivity contribution in [3.63, 3.8) is 0 Å². The maximum atomic E-state index is 10.5. The smallest absolute Gasteiger partial charge is 0.328 e. The predicted molar refractivity (Wildman–Crippen MR) is 98.3 cm³/mol. The lowest BCUT2D eigenvalue weighted by Crippen LogP contribution is -1.97. The van der Waals surface area contributed by atoms with E-state index >= 15 is 0 Å². The first kappa shape index (κ1) is 16.1. The van der Waals surface area contributed by atoms with Crippen molar-refractivity contribution in [3.8, 4) is 0 Å². The monoisotopic (exact) mass is 337 g/mol. The lowest BCUT2D eigenvalue weighted by atomic mass is 10.1. The second kappa shape index (κ2) is 7.20. The number of allylic oxidation sites excluding steroid dienone is 2. The van der Waals surface area contributed by atoms with Crippen molar-refractivity contribution in [1.29, 1.82) is 0 Å². The van der Waals surface area contributed by atoms with E-state index in [2.05, 4.69) is 22.9 Å². The number of halogens is 1. The highest BCUT2D eigenvalue weighted by molar-refractivity contribution is 6.31. The molecular formula is C20H16ClNO2. The van der Waals surface area contributed by atoms with E-state index in [9.17, 15) is 4.79 Å². The summed E-state index contributed by atoms with van der Waals surface area (Å²) < 4.78 is 2.17. The Morgan fingerprint density at radius 3 is 2.67 bits per heavy atom. The highest BCUT2D eigenvalue weighted by atomic mass is 35.5. The van der Waals surface area contributed by atoms with Crippen LogP contribution in [0.25, 0.3) is 17.0 Å². The predicted octanol–water partition coefficient (Wildman–Crippen LogP) is 5.00. The number of carbonyl (C=O) groups is 1. The van der Waals surface area contributed by atoms with Gasteiger partial charge in [-0.25, -0.2) is 4.79 Å². The van der Waals surface area contributed by atoms with Gasteiger partial charge in [-0.05, 0) is 23.8 Å². The van der Waals surface area contributed by atoms with Crippen molar-refractivity contribution in [2.24, 2.45) is 0 Å². The van der Waals surface area contributed by atoms with Crippen molar-refractivity contribution in [2.75, 3.05) is 0 Å². The number of fused-ring (bicyclic) bond motifs is 1. The minimum absolute atomic E-state index is 0.677. The van der Waals surface area contributed by atoms with Gasteiger partial charge in [-0.3, -0.25) is 0 Å². The molecule has 3 nitrogen and oxygen atoms in total. The zero-order valence-corrected chi connectivity index (χ0v) is 13.6. The van der Waals surface area contributed by atoms with Gasteiger partial charge in [-0.2, -0.15) is 0 Å². The van der Waals surface area contributed by atoms with E-state index in [1.807, 2.05) is 42.5 Å². The van der Waals surface area contributed by atoms with Gasteiger partial charge < -0.3 is 9.67 Å². The fraction of sp³-hybridized carbons (Fsp3) is 0.0500. The summed E-state index contributed by atoms with van der Waals surface area (Å²) >= 11 is 6.14. The molecule has 1 heterocycles. The largest absolute Gasteiger partial charge is 0.478 e. The Labute approximate surface area is 145 Å². The molecule has 0 radical (unpaired) electrons. The lowest BCUT2D eigenvalue weighted by molar-refractivity contribution is -0.131. The fourth-order valence-corrected chi connectivity index (χ4v) is 2.81. The Morgan fingerprint density at radius 1 is 1.12 bits per heavy atom. The number of rotatable bonds is 5. The molecule has 0 amide bonds. The third kappa shape index (κ3) is 3.76. The fourth-order valence-electron chi connectivity index (χ4n) is 2.64. The molecule has 1 aromatic heterocycles. The van der Waals surface area contributed by atoms with E-state index in [-0.39, 0.29) is 0 Å². The average molecular weight is 338 g/mol. The molecular weight excluding hydrogens is 322 g/mol. The number of benzene rings is 2. The Balaban J connectivity index is 1.99. The zero-order chi connectivity index (χ0) is 16.9. The molecule has 24 heavy (non-hydrogen) atoms. The van der Waals surface area contributed by atoms with Crippen molar-refractivity contribution in [3.05, 3.63) is 89.1 Å². The summed E-state index contributed by atoms with van der Waals surface area (Å²) in [6.45, 7) is 0.762. The number of carboxylic acids is 1. The van der Waals surface area contributed by atoms with Gasteiger partial charge in [0, 0.05) is 40.3 Å². The molecule has 0 saturated heterocycles. The molecule has 0 saturated carbocycles. The number of carboxylic acid groups (broad SMARTS) is 1. The summed E-state index contributed by atoms with van der Waals surface area (Å²) in [6.07, 6.45) is 8.27. The van der Waals surface area contributed by atoms with Crippen LogP contribution in [0.5, 0.6) is 0 Å². The van der Waals surface area contributed by atoms with E-state index in [1.165, 1.54) is 11.6 Å². The van der Waals surface area contributed by atoms with Gasteiger partial charge in [0.25, 0.3) is 0 Å². The third-order valence-corrected chi connectivity index (χ3v) is 3.93. The Morgan fingerprint density at radius 2 is 1.92 bits per heavy atom. The molecule has 1 N–H and O–H groups in total. The van der Waals surface area contributed by atoms with E-state index in [4.69, 9.17) is 16.7 Å². The van der Waals surface area contributed by atoms with Crippen LogP contribution >= 0.6 is 11.6 Å². The third-order valence-electron chi connectivity index (χ3n) is 3.70. The first-order valence-electron chi connectivity index (χ1n) is 7.53. The van der Waals surface area contributed by atoms with Gasteiger partial charge >= 0.3 is 5.97 Å². The summed E-state index contributed by atoms with van der Waals surface area (Å²) in [5.41, 5.74) is 3.30. The molecule has 0 fully saturated rings. The minimum atomic E-state index is -0.964. The van der Waals surface area contributed by atoms with Crippen LogP contribution in [-0.4, -0.2) is 15.6 Å². The van der Waals surface area contributed by atoms with Crippen LogP contribution in [0.2, 0.25) is 5.02 Å². The first-order chi connectivity index (χ1) is 11.6. The standard InChI is InChI=1S/C20H16ClNO2/c21-17-10-11-19-18(12-17)16(8-4-5-9-20(23)24)14-22(19)13-15-6-2-1-3-7-15/h1-12,14H,13H2,(H,23,24)/b8-4+,9-5+. The van der Waals surface area contributed by atoms with Crippen LogP contribution in [0.4, 0.5) is 0 Å². The maximum absolute atomic E-state index is 10.5. The molecule has 3 aromatic rings. The molecule has 0 unspecified atom stereocenters. The number of hydrogen-bond acceptors (Lipinski definition) is 1. The molecule has 0 spiro atoms.